The molecule has 0 unspecified atom stereocenters. The van der Waals surface area contributed by atoms with Gasteiger partial charge in [0.25, 0.3) is 5.91 Å². The Morgan fingerprint density at radius 3 is 1.87 bits per heavy atom. The molecule has 210 valence electrons. The van der Waals surface area contributed by atoms with Crippen molar-refractivity contribution in [2.24, 2.45) is 25.4 Å². The van der Waals surface area contributed by atoms with E-state index in [9.17, 15) is 4.79 Å². The number of carbonyl (C=O) groups excluding carboxylic acids is 1. The van der Waals surface area contributed by atoms with E-state index < -0.39 is 0 Å². The van der Waals surface area contributed by atoms with Crippen molar-refractivity contribution in [3.63, 3.8) is 0 Å². The van der Waals surface area contributed by atoms with E-state index in [0.717, 1.165) is 68.7 Å². The van der Waals surface area contributed by atoms with Crippen LogP contribution in [0.3, 0.4) is 0 Å². The molecule has 0 aliphatic carbocycles. The lowest BCUT2D eigenvalue weighted by atomic mass is 9.71. The molecular formula is C31H45N7O. The zero-order valence-corrected chi connectivity index (χ0v) is 24.2. The number of imidazole rings is 2. The van der Waals surface area contributed by atoms with Crippen molar-refractivity contribution in [2.45, 2.75) is 59.2 Å². The maximum Gasteiger partial charge on any atom is 0.253 e. The van der Waals surface area contributed by atoms with E-state index in [2.05, 4.69) is 59.8 Å². The summed E-state index contributed by atoms with van der Waals surface area (Å²) in [5, 5.41) is 0. The first kappa shape index (κ1) is 27.6. The number of hydrogen-bond acceptors (Lipinski definition) is 5. The van der Waals surface area contributed by atoms with Gasteiger partial charge in [-0.15, -0.1) is 0 Å². The van der Waals surface area contributed by atoms with Crippen molar-refractivity contribution in [1.29, 1.82) is 0 Å². The third-order valence-electron chi connectivity index (χ3n) is 8.83. The maximum absolute atomic E-state index is 13.4. The highest BCUT2D eigenvalue weighted by Gasteiger charge is 2.38. The molecule has 3 aromatic rings. The Morgan fingerprint density at radius 1 is 0.846 bits per heavy atom. The lowest BCUT2D eigenvalue weighted by Gasteiger charge is -2.47. The summed E-state index contributed by atoms with van der Waals surface area (Å²) in [6.45, 7) is 12.2. The van der Waals surface area contributed by atoms with E-state index in [0.29, 0.717) is 5.41 Å². The fraction of sp³-hybridized carbons (Fsp3) is 0.581. The van der Waals surface area contributed by atoms with Gasteiger partial charge in [0.1, 0.15) is 11.6 Å². The Hall–Kier alpha value is -2.97. The Balaban J connectivity index is 1.17. The lowest BCUT2D eigenvalue weighted by molar-refractivity contribution is 0.0279. The second-order valence-electron chi connectivity index (χ2n) is 12.2. The molecule has 2 aliphatic heterocycles. The van der Waals surface area contributed by atoms with Crippen molar-refractivity contribution in [1.82, 2.24) is 33.8 Å². The van der Waals surface area contributed by atoms with Crippen LogP contribution in [0.4, 0.5) is 0 Å². The normalized spacial score (nSPS) is 17.9. The van der Waals surface area contributed by atoms with Gasteiger partial charge in [-0.3, -0.25) is 9.69 Å². The van der Waals surface area contributed by atoms with Crippen LogP contribution in [0.5, 0.6) is 0 Å². The van der Waals surface area contributed by atoms with Crippen LogP contribution < -0.4 is 0 Å². The molecule has 8 heteroatoms. The van der Waals surface area contributed by atoms with Crippen molar-refractivity contribution in [3.05, 3.63) is 71.8 Å². The highest BCUT2D eigenvalue weighted by atomic mass is 16.2. The second kappa shape index (κ2) is 12.0. The van der Waals surface area contributed by atoms with Gasteiger partial charge < -0.3 is 18.9 Å². The summed E-state index contributed by atoms with van der Waals surface area (Å²) in [5.41, 5.74) is 2.42. The van der Waals surface area contributed by atoms with Crippen LogP contribution in [0.1, 0.15) is 67.1 Å². The van der Waals surface area contributed by atoms with Gasteiger partial charge in [-0.2, -0.15) is 0 Å². The van der Waals surface area contributed by atoms with Crippen LogP contribution in [0.15, 0.2) is 49.1 Å². The monoisotopic (exact) mass is 531 g/mol. The number of hydrogen-bond donors (Lipinski definition) is 0. The molecule has 0 saturated carbocycles. The minimum absolute atomic E-state index is 0.173. The van der Waals surface area contributed by atoms with E-state index in [-0.39, 0.29) is 5.91 Å². The molecule has 1 spiro atoms. The van der Waals surface area contributed by atoms with Crippen molar-refractivity contribution in [2.75, 3.05) is 32.7 Å². The third-order valence-corrected chi connectivity index (χ3v) is 8.83. The fourth-order valence-electron chi connectivity index (χ4n) is 6.27. The van der Waals surface area contributed by atoms with Crippen LogP contribution in [-0.2, 0) is 33.7 Å². The predicted molar refractivity (Wildman–Crippen MR) is 154 cm³/mol. The van der Waals surface area contributed by atoms with Gasteiger partial charge in [0.05, 0.1) is 13.1 Å². The Bertz CT molecular complexity index is 1170. The lowest BCUT2D eigenvalue weighted by Crippen LogP contribution is -2.48. The Kier molecular flexibility index (Phi) is 8.52. The van der Waals surface area contributed by atoms with Gasteiger partial charge >= 0.3 is 0 Å². The molecule has 2 fully saturated rings. The van der Waals surface area contributed by atoms with Crippen LogP contribution in [-0.4, -0.2) is 72.4 Å². The Morgan fingerprint density at radius 2 is 1.38 bits per heavy atom. The second-order valence-corrected chi connectivity index (χ2v) is 12.2. The molecule has 0 radical (unpaired) electrons. The number of nitrogens with zero attached hydrogens (tertiary/aromatic N) is 7. The van der Waals surface area contributed by atoms with Crippen LogP contribution >= 0.6 is 0 Å². The highest BCUT2D eigenvalue weighted by molar-refractivity contribution is 5.94. The summed E-state index contributed by atoms with van der Waals surface area (Å²) < 4.78 is 4.12. The first-order valence-electron chi connectivity index (χ1n) is 14.6. The molecule has 2 aliphatic rings. The topological polar surface area (TPSA) is 62.4 Å². The van der Waals surface area contributed by atoms with Crippen molar-refractivity contribution >= 4 is 5.91 Å². The summed E-state index contributed by atoms with van der Waals surface area (Å²) in [6, 6.07) is 8.22. The first-order chi connectivity index (χ1) is 18.8. The van der Waals surface area contributed by atoms with E-state index in [1.165, 1.54) is 38.0 Å². The minimum atomic E-state index is 0.173. The largest absolute Gasteiger partial charge is 0.339 e. The number of benzene rings is 1. The molecular weight excluding hydrogens is 486 g/mol. The van der Waals surface area contributed by atoms with Crippen molar-refractivity contribution < 1.29 is 4.79 Å². The van der Waals surface area contributed by atoms with Crippen LogP contribution in [0.25, 0.3) is 0 Å². The molecule has 39 heavy (non-hydrogen) atoms. The standard InChI is InChI=1S/C31H45N7O/c1-25(2)21-36-15-9-31(10-16-36)11-17-38(18-12-31)30(39)27-7-5-26(6-8-27)22-37(23-28-32-13-19-34(28)3)24-29-33-14-20-35(29)4/h5-8,13-14,19-20,25H,9-12,15-18,21-24H2,1-4H3. The summed E-state index contributed by atoms with van der Waals surface area (Å²) in [6.07, 6.45) is 12.5. The number of carbonyl (C=O) groups is 1. The molecule has 0 N–H and O–H groups in total. The molecule has 0 atom stereocenters. The molecule has 5 rings (SSSR count). The zero-order valence-electron chi connectivity index (χ0n) is 24.2. The summed E-state index contributed by atoms with van der Waals surface area (Å²) in [7, 11) is 4.06. The predicted octanol–water partition coefficient (Wildman–Crippen LogP) is 4.33. The van der Waals surface area contributed by atoms with Gasteiger partial charge in [0.15, 0.2) is 0 Å². The minimum Gasteiger partial charge on any atom is -0.339 e. The van der Waals surface area contributed by atoms with Gasteiger partial charge in [-0.25, -0.2) is 9.97 Å². The molecule has 0 bridgehead atoms. The maximum atomic E-state index is 13.4. The Labute approximate surface area is 233 Å². The van der Waals surface area contributed by atoms with Crippen LogP contribution in [0.2, 0.25) is 0 Å². The van der Waals surface area contributed by atoms with Gasteiger partial charge in [0, 0.05) is 70.6 Å². The molecule has 2 saturated heterocycles. The van der Waals surface area contributed by atoms with E-state index in [1.54, 1.807) is 0 Å². The quantitative estimate of drug-likeness (QED) is 0.411. The number of aryl methyl sites for hydroxylation is 2. The molecule has 2 aromatic heterocycles. The summed E-state index contributed by atoms with van der Waals surface area (Å²) in [5.74, 6) is 2.94. The van der Waals surface area contributed by atoms with E-state index in [4.69, 9.17) is 0 Å². The number of likely N-dealkylation sites (tertiary alicyclic amines) is 2. The number of amides is 1. The average Bonchev–Trinajstić information content (AvgIpc) is 3.53. The molecule has 8 nitrogen and oxygen atoms in total. The van der Waals surface area contributed by atoms with Gasteiger partial charge in [-0.1, -0.05) is 26.0 Å². The SMILES string of the molecule is CC(C)CN1CCC2(CC1)CCN(C(=O)c1ccc(CN(Cc3nccn3C)Cc3nccn3C)cc1)CC2. The number of rotatable bonds is 9. The van der Waals surface area contributed by atoms with Crippen LogP contribution in [0, 0.1) is 11.3 Å². The highest BCUT2D eigenvalue weighted by Crippen LogP contribution is 2.41. The third kappa shape index (κ3) is 6.79. The number of piperidine rings is 2. The summed E-state index contributed by atoms with van der Waals surface area (Å²) >= 11 is 0. The molecule has 1 aromatic carbocycles. The molecule has 1 amide bonds. The fourth-order valence-corrected chi connectivity index (χ4v) is 6.27. The molecule has 4 heterocycles. The number of aromatic nitrogens is 4. The van der Waals surface area contributed by atoms with E-state index in [1.807, 2.05) is 51.0 Å². The zero-order chi connectivity index (χ0) is 27.4. The summed E-state index contributed by atoms with van der Waals surface area (Å²) in [4.78, 5) is 29.5. The van der Waals surface area contributed by atoms with Gasteiger partial charge in [-0.05, 0) is 67.8 Å². The average molecular weight is 532 g/mol. The first-order valence-corrected chi connectivity index (χ1v) is 14.6. The van der Waals surface area contributed by atoms with E-state index >= 15 is 0 Å². The smallest absolute Gasteiger partial charge is 0.253 e. The van der Waals surface area contributed by atoms with Crippen molar-refractivity contribution in [3.8, 4) is 0 Å². The van der Waals surface area contributed by atoms with Gasteiger partial charge in [0.2, 0.25) is 0 Å².